The number of imidazole rings is 1. The van der Waals surface area contributed by atoms with Gasteiger partial charge in [0.2, 0.25) is 5.91 Å². The fourth-order valence-electron chi connectivity index (χ4n) is 3.42. The second-order valence-electron chi connectivity index (χ2n) is 8.26. The minimum absolute atomic E-state index is 0.138. The third-order valence-electron chi connectivity index (χ3n) is 5.10. The highest BCUT2D eigenvalue weighted by molar-refractivity contribution is 5.87. The number of amides is 1. The summed E-state index contributed by atoms with van der Waals surface area (Å²) < 4.78 is 53.9. The summed E-state index contributed by atoms with van der Waals surface area (Å²) in [4.78, 5) is 18.7. The standard InChI is InChI=1S/C23H21F4N5O/c1-22(2,28)21(33)31-11-12-32-18(13-31)30-19(14-3-7-16(24)8-4-14)20(32)29-17-9-5-15(6-10-17)23(25,26)27/h3-12,29H,13,28H2,1-2H3. The zero-order valence-electron chi connectivity index (χ0n) is 17.8. The maximum atomic E-state index is 13.5. The molecule has 1 aliphatic rings. The first kappa shape index (κ1) is 22.5. The van der Waals surface area contributed by atoms with Gasteiger partial charge in [0, 0.05) is 23.7 Å². The molecule has 0 bridgehead atoms. The molecule has 1 aliphatic heterocycles. The van der Waals surface area contributed by atoms with Crippen molar-refractivity contribution in [1.29, 1.82) is 0 Å². The average molecular weight is 459 g/mol. The lowest BCUT2D eigenvalue weighted by Gasteiger charge is -2.28. The van der Waals surface area contributed by atoms with Gasteiger partial charge < -0.3 is 16.0 Å². The van der Waals surface area contributed by atoms with Crippen molar-refractivity contribution >= 4 is 23.6 Å². The quantitative estimate of drug-likeness (QED) is 0.541. The third-order valence-corrected chi connectivity index (χ3v) is 5.10. The van der Waals surface area contributed by atoms with E-state index in [2.05, 4.69) is 10.3 Å². The van der Waals surface area contributed by atoms with Crippen molar-refractivity contribution in [2.45, 2.75) is 32.1 Å². The summed E-state index contributed by atoms with van der Waals surface area (Å²) in [6.07, 6.45) is -1.25. The van der Waals surface area contributed by atoms with Crippen LogP contribution in [0.2, 0.25) is 0 Å². The first-order chi connectivity index (χ1) is 15.4. The number of rotatable bonds is 4. The molecule has 0 saturated heterocycles. The molecule has 1 amide bonds. The average Bonchev–Trinajstić information content (AvgIpc) is 3.10. The summed E-state index contributed by atoms with van der Waals surface area (Å²) in [5.74, 6) is 0.256. The van der Waals surface area contributed by atoms with Crippen LogP contribution in [-0.2, 0) is 17.5 Å². The van der Waals surface area contributed by atoms with E-state index in [-0.39, 0.29) is 12.5 Å². The van der Waals surface area contributed by atoms with Gasteiger partial charge in [0.05, 0.1) is 17.6 Å². The number of aromatic nitrogens is 2. The van der Waals surface area contributed by atoms with E-state index in [0.29, 0.717) is 28.6 Å². The Bertz CT molecular complexity index is 1210. The van der Waals surface area contributed by atoms with Crippen molar-refractivity contribution in [3.63, 3.8) is 0 Å². The predicted octanol–water partition coefficient (Wildman–Crippen LogP) is 4.96. The minimum Gasteiger partial charge on any atom is -0.339 e. The topological polar surface area (TPSA) is 76.2 Å². The zero-order chi connectivity index (χ0) is 24.0. The SMILES string of the molecule is CC(C)(N)C(=O)N1C=Cn2c(nc(-c3ccc(F)cc3)c2Nc2ccc(C(F)(F)F)cc2)C1. The Hall–Kier alpha value is -3.66. The smallest absolute Gasteiger partial charge is 0.339 e. The van der Waals surface area contributed by atoms with Crippen molar-refractivity contribution in [1.82, 2.24) is 14.5 Å². The number of carbonyl (C=O) groups excluding carboxylic acids is 1. The lowest BCUT2D eigenvalue weighted by molar-refractivity contribution is -0.137. The van der Waals surface area contributed by atoms with Crippen molar-refractivity contribution in [2.24, 2.45) is 5.73 Å². The molecule has 3 N–H and O–H groups in total. The van der Waals surface area contributed by atoms with E-state index in [0.717, 1.165) is 12.1 Å². The Morgan fingerprint density at radius 3 is 2.24 bits per heavy atom. The third kappa shape index (κ3) is 4.61. The van der Waals surface area contributed by atoms with Gasteiger partial charge in [-0.05, 0) is 62.4 Å². The number of nitrogens with one attached hydrogen (secondary N) is 1. The zero-order valence-corrected chi connectivity index (χ0v) is 17.8. The summed E-state index contributed by atoms with van der Waals surface area (Å²) in [5, 5.41) is 3.11. The Labute approximate surface area is 187 Å². The number of nitrogens with two attached hydrogens (primary N) is 1. The second-order valence-corrected chi connectivity index (χ2v) is 8.26. The van der Waals surface area contributed by atoms with Gasteiger partial charge in [0.15, 0.2) is 0 Å². The molecule has 0 spiro atoms. The van der Waals surface area contributed by atoms with E-state index in [1.54, 1.807) is 42.9 Å². The summed E-state index contributed by atoms with van der Waals surface area (Å²) in [5.41, 5.74) is 5.54. The highest BCUT2D eigenvalue weighted by Crippen LogP contribution is 2.35. The molecule has 0 atom stereocenters. The second kappa shape index (κ2) is 8.04. The number of halogens is 4. The number of alkyl halides is 3. The molecule has 4 rings (SSSR count). The largest absolute Gasteiger partial charge is 0.416 e. The molecule has 1 aromatic heterocycles. The van der Waals surface area contributed by atoms with Gasteiger partial charge in [-0.3, -0.25) is 9.36 Å². The number of carbonyl (C=O) groups is 1. The van der Waals surface area contributed by atoms with Gasteiger partial charge in [0.25, 0.3) is 0 Å². The number of hydrogen-bond acceptors (Lipinski definition) is 4. The fourth-order valence-corrected chi connectivity index (χ4v) is 3.42. The van der Waals surface area contributed by atoms with Crippen LogP contribution < -0.4 is 11.1 Å². The molecule has 2 heterocycles. The highest BCUT2D eigenvalue weighted by Gasteiger charge is 2.32. The van der Waals surface area contributed by atoms with E-state index in [4.69, 9.17) is 5.73 Å². The molecule has 0 fully saturated rings. The van der Waals surface area contributed by atoms with Crippen LogP contribution >= 0.6 is 0 Å². The van der Waals surface area contributed by atoms with E-state index >= 15 is 0 Å². The maximum Gasteiger partial charge on any atom is 0.416 e. The summed E-state index contributed by atoms with van der Waals surface area (Å²) >= 11 is 0. The highest BCUT2D eigenvalue weighted by atomic mass is 19.4. The Morgan fingerprint density at radius 1 is 1.03 bits per heavy atom. The van der Waals surface area contributed by atoms with Crippen LogP contribution in [0.15, 0.2) is 54.7 Å². The van der Waals surface area contributed by atoms with Crippen LogP contribution in [-0.4, -0.2) is 25.9 Å². The molecule has 0 unspecified atom stereocenters. The summed E-state index contributed by atoms with van der Waals surface area (Å²) in [6.45, 7) is 3.34. The molecule has 33 heavy (non-hydrogen) atoms. The van der Waals surface area contributed by atoms with Gasteiger partial charge in [0.1, 0.15) is 23.2 Å². The Morgan fingerprint density at radius 2 is 1.67 bits per heavy atom. The predicted molar refractivity (Wildman–Crippen MR) is 116 cm³/mol. The van der Waals surface area contributed by atoms with Crippen LogP contribution in [0.25, 0.3) is 17.5 Å². The van der Waals surface area contributed by atoms with Gasteiger partial charge >= 0.3 is 6.18 Å². The number of benzene rings is 2. The lowest BCUT2D eigenvalue weighted by atomic mass is 10.1. The minimum atomic E-state index is -4.44. The molecule has 0 aliphatic carbocycles. The van der Waals surface area contributed by atoms with Crippen LogP contribution in [0, 0.1) is 5.82 Å². The van der Waals surface area contributed by atoms with Crippen molar-refractivity contribution in [2.75, 3.05) is 5.32 Å². The number of anilines is 2. The first-order valence-corrected chi connectivity index (χ1v) is 10.0. The van der Waals surface area contributed by atoms with Crippen molar-refractivity contribution < 1.29 is 22.4 Å². The van der Waals surface area contributed by atoms with Crippen molar-refractivity contribution in [3.8, 4) is 11.3 Å². The normalized spacial score (nSPS) is 13.7. The Kier molecular flexibility index (Phi) is 5.49. The van der Waals surface area contributed by atoms with Gasteiger partial charge in [-0.15, -0.1) is 0 Å². The van der Waals surface area contributed by atoms with E-state index in [9.17, 15) is 22.4 Å². The van der Waals surface area contributed by atoms with Crippen LogP contribution in [0.1, 0.15) is 25.2 Å². The molecule has 10 heteroatoms. The van der Waals surface area contributed by atoms with Crippen molar-refractivity contribution in [3.05, 3.63) is 71.9 Å². The van der Waals surface area contributed by atoms with E-state index < -0.39 is 23.1 Å². The van der Waals surface area contributed by atoms with Crippen LogP contribution in [0.3, 0.4) is 0 Å². The molecule has 172 valence electrons. The fraction of sp³-hybridized carbons (Fsp3) is 0.217. The number of nitrogens with zero attached hydrogens (tertiary/aromatic N) is 3. The van der Waals surface area contributed by atoms with Crippen LogP contribution in [0.5, 0.6) is 0 Å². The molecule has 0 saturated carbocycles. The molecular weight excluding hydrogens is 438 g/mol. The first-order valence-electron chi connectivity index (χ1n) is 10.0. The lowest BCUT2D eigenvalue weighted by Crippen LogP contribution is -2.49. The Balaban J connectivity index is 1.74. The molecule has 6 nitrogen and oxygen atoms in total. The van der Waals surface area contributed by atoms with Gasteiger partial charge in [-0.2, -0.15) is 13.2 Å². The monoisotopic (exact) mass is 459 g/mol. The van der Waals surface area contributed by atoms with E-state index in [1.807, 2.05) is 0 Å². The van der Waals surface area contributed by atoms with Gasteiger partial charge in [-0.1, -0.05) is 0 Å². The molecule has 2 aromatic carbocycles. The summed E-state index contributed by atoms with van der Waals surface area (Å²) in [6, 6.07) is 10.3. The molecular formula is C23H21F4N5O. The van der Waals surface area contributed by atoms with Crippen LogP contribution in [0.4, 0.5) is 29.1 Å². The number of fused-ring (bicyclic) bond motifs is 1. The summed E-state index contributed by atoms with van der Waals surface area (Å²) in [7, 11) is 0. The van der Waals surface area contributed by atoms with Gasteiger partial charge in [-0.25, -0.2) is 9.37 Å². The molecule has 0 radical (unpaired) electrons. The van der Waals surface area contributed by atoms with E-state index in [1.165, 1.54) is 29.2 Å². The number of hydrogen-bond donors (Lipinski definition) is 2. The molecule has 3 aromatic rings. The maximum absolute atomic E-state index is 13.5.